The van der Waals surface area contributed by atoms with Crippen LogP contribution in [0.1, 0.15) is 22.8 Å². The van der Waals surface area contributed by atoms with E-state index in [9.17, 15) is 9.59 Å². The van der Waals surface area contributed by atoms with Gasteiger partial charge in [-0.3, -0.25) is 9.59 Å². The third-order valence-corrected chi connectivity index (χ3v) is 6.48. The third kappa shape index (κ3) is 4.28. The molecule has 1 fully saturated rings. The van der Waals surface area contributed by atoms with Crippen LogP contribution in [-0.4, -0.2) is 43.6 Å². The Bertz CT molecular complexity index is 1420. The summed E-state index contributed by atoms with van der Waals surface area (Å²) in [5.74, 6) is 1.23. The Morgan fingerprint density at radius 1 is 0.914 bits per heavy atom. The summed E-state index contributed by atoms with van der Waals surface area (Å²) in [5.41, 5.74) is 3.04. The average Bonchev–Trinajstić information content (AvgIpc) is 2.91. The zero-order valence-electron chi connectivity index (χ0n) is 20.0. The van der Waals surface area contributed by atoms with Crippen LogP contribution >= 0.6 is 0 Å². The first-order valence-corrected chi connectivity index (χ1v) is 12.0. The summed E-state index contributed by atoms with van der Waals surface area (Å²) in [6.07, 6.45) is 0. The van der Waals surface area contributed by atoms with E-state index < -0.39 is 0 Å². The van der Waals surface area contributed by atoms with Gasteiger partial charge in [0.05, 0.1) is 23.2 Å². The first kappa shape index (κ1) is 22.7. The van der Waals surface area contributed by atoms with E-state index in [0.29, 0.717) is 60.6 Å². The molecular formula is C29H28N2O4. The Labute approximate surface area is 204 Å². The molecule has 0 aliphatic carbocycles. The van der Waals surface area contributed by atoms with Gasteiger partial charge in [0.15, 0.2) is 11.0 Å². The summed E-state index contributed by atoms with van der Waals surface area (Å²) < 4.78 is 12.0. The van der Waals surface area contributed by atoms with Crippen LogP contribution in [0.5, 0.6) is 5.75 Å². The van der Waals surface area contributed by atoms with Gasteiger partial charge >= 0.3 is 0 Å². The summed E-state index contributed by atoms with van der Waals surface area (Å²) in [6, 6.07) is 22.7. The van der Waals surface area contributed by atoms with E-state index in [1.807, 2.05) is 60.4 Å². The van der Waals surface area contributed by atoms with Crippen LogP contribution in [0, 0.1) is 6.92 Å². The number of carbonyl (C=O) groups is 1. The van der Waals surface area contributed by atoms with Gasteiger partial charge in [-0.1, -0.05) is 48.5 Å². The lowest BCUT2D eigenvalue weighted by Gasteiger charge is -2.36. The number of carbonyl (C=O) groups excluding carboxylic acids is 1. The third-order valence-electron chi connectivity index (χ3n) is 6.48. The van der Waals surface area contributed by atoms with Crippen molar-refractivity contribution < 1.29 is 13.9 Å². The highest BCUT2D eigenvalue weighted by Gasteiger charge is 2.26. The first-order valence-electron chi connectivity index (χ1n) is 12.0. The van der Waals surface area contributed by atoms with Gasteiger partial charge in [0.2, 0.25) is 0 Å². The van der Waals surface area contributed by atoms with Crippen LogP contribution in [-0.2, 0) is 0 Å². The van der Waals surface area contributed by atoms with E-state index in [1.54, 1.807) is 25.1 Å². The molecule has 0 saturated carbocycles. The number of amides is 1. The molecule has 1 aromatic heterocycles. The van der Waals surface area contributed by atoms with Crippen molar-refractivity contribution in [1.82, 2.24) is 4.90 Å². The Hall–Kier alpha value is -4.06. The van der Waals surface area contributed by atoms with E-state index in [2.05, 4.69) is 11.0 Å². The van der Waals surface area contributed by atoms with Crippen molar-refractivity contribution in [2.45, 2.75) is 13.8 Å². The normalized spacial score (nSPS) is 13.8. The molecule has 2 heterocycles. The minimum Gasteiger partial charge on any atom is -0.492 e. The molecule has 35 heavy (non-hydrogen) atoms. The molecule has 178 valence electrons. The number of rotatable bonds is 5. The summed E-state index contributed by atoms with van der Waals surface area (Å²) in [4.78, 5) is 30.8. The number of ether oxygens (including phenoxy) is 1. The van der Waals surface area contributed by atoms with Crippen molar-refractivity contribution in [3.05, 3.63) is 94.1 Å². The fourth-order valence-electron chi connectivity index (χ4n) is 4.66. The lowest BCUT2D eigenvalue weighted by atomic mass is 10.0. The number of nitrogens with zero attached hydrogens (tertiary/aromatic N) is 2. The number of para-hydroxylation sites is 3. The second kappa shape index (κ2) is 9.66. The van der Waals surface area contributed by atoms with Gasteiger partial charge in [-0.2, -0.15) is 0 Å². The predicted octanol–water partition coefficient (Wildman–Crippen LogP) is 5.13. The quantitative estimate of drug-likeness (QED) is 0.406. The molecule has 1 amide bonds. The lowest BCUT2D eigenvalue weighted by molar-refractivity contribution is 0.0747. The van der Waals surface area contributed by atoms with Gasteiger partial charge in [-0.15, -0.1) is 0 Å². The highest BCUT2D eigenvalue weighted by molar-refractivity contribution is 6.05. The fraction of sp³-hybridized carbons (Fsp3) is 0.241. The maximum atomic E-state index is 13.6. The van der Waals surface area contributed by atoms with Crippen molar-refractivity contribution in [2.75, 3.05) is 37.7 Å². The number of anilines is 1. The smallest absolute Gasteiger partial charge is 0.257 e. The maximum Gasteiger partial charge on any atom is 0.257 e. The molecule has 0 radical (unpaired) electrons. The van der Waals surface area contributed by atoms with E-state index in [0.717, 1.165) is 17.0 Å². The van der Waals surface area contributed by atoms with Crippen LogP contribution in [0.2, 0.25) is 0 Å². The van der Waals surface area contributed by atoms with Gasteiger partial charge < -0.3 is 19.0 Å². The number of hydrogen-bond donors (Lipinski definition) is 0. The van der Waals surface area contributed by atoms with Crippen molar-refractivity contribution in [3.8, 4) is 17.1 Å². The molecule has 0 spiro atoms. The highest BCUT2D eigenvalue weighted by Crippen LogP contribution is 2.30. The van der Waals surface area contributed by atoms with E-state index in [1.165, 1.54) is 0 Å². The average molecular weight is 469 g/mol. The summed E-state index contributed by atoms with van der Waals surface area (Å²) in [7, 11) is 0. The first-order chi connectivity index (χ1) is 17.1. The second-order valence-electron chi connectivity index (χ2n) is 8.61. The Morgan fingerprint density at radius 3 is 2.37 bits per heavy atom. The van der Waals surface area contributed by atoms with Crippen molar-refractivity contribution in [3.63, 3.8) is 0 Å². The molecule has 6 nitrogen and oxygen atoms in total. The molecule has 0 unspecified atom stereocenters. The molecule has 0 N–H and O–H groups in total. The van der Waals surface area contributed by atoms with Crippen LogP contribution < -0.4 is 15.1 Å². The molecule has 1 saturated heterocycles. The van der Waals surface area contributed by atoms with E-state index in [4.69, 9.17) is 9.15 Å². The Balaban J connectivity index is 1.44. The number of piperazine rings is 1. The molecule has 0 atom stereocenters. The van der Waals surface area contributed by atoms with Crippen LogP contribution in [0.4, 0.5) is 5.69 Å². The second-order valence-corrected chi connectivity index (χ2v) is 8.61. The molecule has 1 aliphatic rings. The monoisotopic (exact) mass is 468 g/mol. The molecule has 4 aromatic rings. The molecule has 3 aromatic carbocycles. The zero-order chi connectivity index (χ0) is 24.4. The summed E-state index contributed by atoms with van der Waals surface area (Å²) >= 11 is 0. The summed E-state index contributed by atoms with van der Waals surface area (Å²) in [5, 5.41) is 0.428. The zero-order valence-corrected chi connectivity index (χ0v) is 20.0. The fourth-order valence-corrected chi connectivity index (χ4v) is 4.66. The van der Waals surface area contributed by atoms with Crippen LogP contribution in [0.3, 0.4) is 0 Å². The topological polar surface area (TPSA) is 63.0 Å². The van der Waals surface area contributed by atoms with Gasteiger partial charge in [0.25, 0.3) is 5.91 Å². The summed E-state index contributed by atoms with van der Waals surface area (Å²) in [6.45, 7) is 6.86. The van der Waals surface area contributed by atoms with Crippen molar-refractivity contribution in [2.24, 2.45) is 0 Å². The largest absolute Gasteiger partial charge is 0.492 e. The van der Waals surface area contributed by atoms with Gasteiger partial charge in [-0.05, 0) is 38.1 Å². The van der Waals surface area contributed by atoms with Crippen LogP contribution in [0.15, 0.2) is 82.0 Å². The number of benzene rings is 3. The van der Waals surface area contributed by atoms with Crippen molar-refractivity contribution in [1.29, 1.82) is 0 Å². The molecular weight excluding hydrogens is 440 g/mol. The van der Waals surface area contributed by atoms with Crippen molar-refractivity contribution >= 4 is 22.6 Å². The Morgan fingerprint density at radius 2 is 1.63 bits per heavy atom. The Kier molecular flexibility index (Phi) is 6.27. The number of hydrogen-bond acceptors (Lipinski definition) is 5. The molecule has 0 bridgehead atoms. The predicted molar refractivity (Wildman–Crippen MR) is 138 cm³/mol. The lowest BCUT2D eigenvalue weighted by Crippen LogP contribution is -2.49. The van der Waals surface area contributed by atoms with Gasteiger partial charge in [0, 0.05) is 37.3 Å². The SMILES string of the molecule is CCOc1ccccc1N1CCN(C(=O)c2cccc3c(=O)c(C)c(-c4ccccc4)oc23)CC1. The highest BCUT2D eigenvalue weighted by atomic mass is 16.5. The minimum absolute atomic E-state index is 0.114. The molecule has 1 aliphatic heterocycles. The van der Waals surface area contributed by atoms with Crippen LogP contribution in [0.25, 0.3) is 22.3 Å². The minimum atomic E-state index is -0.126. The number of fused-ring (bicyclic) bond motifs is 1. The van der Waals surface area contributed by atoms with E-state index >= 15 is 0 Å². The maximum absolute atomic E-state index is 13.6. The molecule has 5 rings (SSSR count). The van der Waals surface area contributed by atoms with Gasteiger partial charge in [0.1, 0.15) is 11.5 Å². The van der Waals surface area contributed by atoms with Gasteiger partial charge in [-0.25, -0.2) is 0 Å². The van der Waals surface area contributed by atoms with E-state index in [-0.39, 0.29) is 11.3 Å². The standard InChI is InChI=1S/C29H28N2O4/c1-3-34-25-15-8-7-14-24(25)30-16-18-31(19-17-30)29(33)23-13-9-12-22-26(32)20(2)27(35-28(22)23)21-10-5-4-6-11-21/h4-15H,3,16-19H2,1-2H3. The molecule has 6 heteroatoms.